The highest BCUT2D eigenvalue weighted by atomic mass is 19.4. The van der Waals surface area contributed by atoms with Crippen LogP contribution in [0.4, 0.5) is 17.6 Å². The fraction of sp³-hybridized carbons (Fsp3) is 0.417. The first-order chi connectivity index (χ1) is 8.38. The number of carbonyl (C=O) groups excluding carboxylic acids is 1. The third-order valence-corrected chi connectivity index (χ3v) is 2.65. The van der Waals surface area contributed by atoms with Gasteiger partial charge in [0.05, 0.1) is 17.7 Å². The molecule has 0 spiro atoms. The lowest BCUT2D eigenvalue weighted by Crippen LogP contribution is -2.12. The molecule has 0 amide bonds. The van der Waals surface area contributed by atoms with Gasteiger partial charge in [0, 0.05) is 0 Å². The van der Waals surface area contributed by atoms with Crippen LogP contribution >= 0.6 is 0 Å². The Morgan fingerprint density at radius 1 is 1.33 bits per heavy atom. The van der Waals surface area contributed by atoms with Crippen molar-refractivity contribution in [1.82, 2.24) is 0 Å². The molecule has 1 aliphatic carbocycles. The standard InChI is InChI=1S/C12H10F4O2/c13-10-4-3-8(5-9(10)12(14,15)16)11(17)18-6-7-1-2-7/h3-5,7H,1-2,6H2. The molecule has 98 valence electrons. The summed E-state index contributed by atoms with van der Waals surface area (Å²) in [6, 6.07) is 2.08. The maximum absolute atomic E-state index is 13.0. The van der Waals surface area contributed by atoms with Gasteiger partial charge in [0.25, 0.3) is 0 Å². The Bertz CT molecular complexity index is 464. The maximum Gasteiger partial charge on any atom is 0.419 e. The van der Waals surface area contributed by atoms with Crippen LogP contribution in [0.1, 0.15) is 28.8 Å². The molecule has 1 fully saturated rings. The summed E-state index contributed by atoms with van der Waals surface area (Å²) in [6.45, 7) is 0.206. The van der Waals surface area contributed by atoms with E-state index in [1.807, 2.05) is 0 Å². The molecule has 0 aliphatic heterocycles. The largest absolute Gasteiger partial charge is 0.462 e. The molecule has 0 atom stereocenters. The fourth-order valence-corrected chi connectivity index (χ4v) is 1.43. The zero-order chi connectivity index (χ0) is 13.3. The zero-order valence-electron chi connectivity index (χ0n) is 9.26. The molecule has 0 saturated heterocycles. The van der Waals surface area contributed by atoms with E-state index in [1.165, 1.54) is 0 Å². The van der Waals surface area contributed by atoms with Gasteiger partial charge in [-0.05, 0) is 37.0 Å². The van der Waals surface area contributed by atoms with E-state index in [0.29, 0.717) is 18.1 Å². The number of halogens is 4. The van der Waals surface area contributed by atoms with Gasteiger partial charge in [-0.15, -0.1) is 0 Å². The van der Waals surface area contributed by atoms with Gasteiger partial charge in [-0.2, -0.15) is 13.2 Å². The minimum Gasteiger partial charge on any atom is -0.462 e. The average molecular weight is 262 g/mol. The van der Waals surface area contributed by atoms with E-state index in [2.05, 4.69) is 0 Å². The zero-order valence-corrected chi connectivity index (χ0v) is 9.26. The van der Waals surface area contributed by atoms with Crippen molar-refractivity contribution < 1.29 is 27.1 Å². The third-order valence-electron chi connectivity index (χ3n) is 2.65. The monoisotopic (exact) mass is 262 g/mol. The number of rotatable bonds is 3. The van der Waals surface area contributed by atoms with Gasteiger partial charge in [0.15, 0.2) is 0 Å². The van der Waals surface area contributed by atoms with Crippen molar-refractivity contribution in [3.8, 4) is 0 Å². The molecule has 0 unspecified atom stereocenters. The van der Waals surface area contributed by atoms with Crippen LogP contribution in [0.25, 0.3) is 0 Å². The van der Waals surface area contributed by atoms with Crippen molar-refractivity contribution in [3.05, 3.63) is 35.1 Å². The van der Waals surface area contributed by atoms with Crippen LogP contribution < -0.4 is 0 Å². The molecule has 1 aliphatic rings. The number of hydrogen-bond donors (Lipinski definition) is 0. The lowest BCUT2D eigenvalue weighted by Gasteiger charge is -2.09. The second-order valence-corrected chi connectivity index (χ2v) is 4.23. The van der Waals surface area contributed by atoms with Crippen LogP contribution in [0, 0.1) is 11.7 Å². The Kier molecular flexibility index (Phi) is 3.28. The molecule has 0 heterocycles. The summed E-state index contributed by atoms with van der Waals surface area (Å²) in [5, 5.41) is 0. The second-order valence-electron chi connectivity index (χ2n) is 4.23. The van der Waals surface area contributed by atoms with Gasteiger partial charge in [0.2, 0.25) is 0 Å². The van der Waals surface area contributed by atoms with Crippen molar-refractivity contribution in [3.63, 3.8) is 0 Å². The summed E-state index contributed by atoms with van der Waals surface area (Å²) in [5.41, 5.74) is -1.74. The van der Waals surface area contributed by atoms with E-state index < -0.39 is 23.5 Å². The first-order valence-corrected chi connectivity index (χ1v) is 5.42. The molecular weight excluding hydrogens is 252 g/mol. The molecule has 0 aromatic heterocycles. The van der Waals surface area contributed by atoms with Crippen LogP contribution in [0.3, 0.4) is 0 Å². The third kappa shape index (κ3) is 3.00. The van der Waals surface area contributed by atoms with Crippen LogP contribution in [-0.2, 0) is 10.9 Å². The molecule has 18 heavy (non-hydrogen) atoms. The Labute approximate surface area is 101 Å². The Morgan fingerprint density at radius 3 is 2.56 bits per heavy atom. The minimum atomic E-state index is -4.82. The normalized spacial score (nSPS) is 15.6. The summed E-state index contributed by atoms with van der Waals surface area (Å²) in [4.78, 5) is 11.5. The van der Waals surface area contributed by atoms with E-state index in [4.69, 9.17) is 4.74 Å². The van der Waals surface area contributed by atoms with Crippen molar-refractivity contribution in [2.24, 2.45) is 5.92 Å². The highest BCUT2D eigenvalue weighted by Gasteiger charge is 2.35. The highest BCUT2D eigenvalue weighted by Crippen LogP contribution is 2.32. The van der Waals surface area contributed by atoms with Gasteiger partial charge in [-0.3, -0.25) is 0 Å². The molecule has 6 heteroatoms. The van der Waals surface area contributed by atoms with Gasteiger partial charge >= 0.3 is 12.1 Å². The molecule has 1 aromatic carbocycles. The summed E-state index contributed by atoms with van der Waals surface area (Å²) in [7, 11) is 0. The summed E-state index contributed by atoms with van der Waals surface area (Å²) < 4.78 is 55.1. The second kappa shape index (κ2) is 4.59. The van der Waals surface area contributed by atoms with Crippen molar-refractivity contribution in [1.29, 1.82) is 0 Å². The lowest BCUT2D eigenvalue weighted by molar-refractivity contribution is -0.140. The van der Waals surface area contributed by atoms with E-state index >= 15 is 0 Å². The van der Waals surface area contributed by atoms with Crippen LogP contribution in [0.15, 0.2) is 18.2 Å². The van der Waals surface area contributed by atoms with E-state index in [1.54, 1.807) is 0 Å². The van der Waals surface area contributed by atoms with E-state index in [-0.39, 0.29) is 12.2 Å². The Morgan fingerprint density at radius 2 is 2.00 bits per heavy atom. The minimum absolute atomic E-state index is 0.206. The maximum atomic E-state index is 13.0. The number of esters is 1. The number of benzene rings is 1. The van der Waals surface area contributed by atoms with E-state index in [9.17, 15) is 22.4 Å². The van der Waals surface area contributed by atoms with Gasteiger partial charge in [-0.25, -0.2) is 9.18 Å². The molecule has 0 radical (unpaired) electrons. The molecular formula is C12H10F4O2. The van der Waals surface area contributed by atoms with Crippen LogP contribution in [-0.4, -0.2) is 12.6 Å². The fourth-order valence-electron chi connectivity index (χ4n) is 1.43. The number of alkyl halides is 3. The molecule has 1 aromatic rings. The number of carbonyl (C=O) groups is 1. The van der Waals surface area contributed by atoms with Crippen LogP contribution in [0.5, 0.6) is 0 Å². The quantitative estimate of drug-likeness (QED) is 0.616. The van der Waals surface area contributed by atoms with Crippen molar-refractivity contribution in [2.75, 3.05) is 6.61 Å². The lowest BCUT2D eigenvalue weighted by atomic mass is 10.1. The predicted octanol–water partition coefficient (Wildman–Crippen LogP) is 3.41. The summed E-state index contributed by atoms with van der Waals surface area (Å²) in [6.07, 6.45) is -2.90. The smallest absolute Gasteiger partial charge is 0.419 e. The Hall–Kier alpha value is -1.59. The van der Waals surface area contributed by atoms with Crippen molar-refractivity contribution >= 4 is 5.97 Å². The number of ether oxygens (including phenoxy) is 1. The molecule has 2 rings (SSSR count). The SMILES string of the molecule is O=C(OCC1CC1)c1ccc(F)c(C(F)(F)F)c1. The molecule has 0 N–H and O–H groups in total. The predicted molar refractivity (Wildman–Crippen MR) is 54.4 cm³/mol. The van der Waals surface area contributed by atoms with Crippen LogP contribution in [0.2, 0.25) is 0 Å². The van der Waals surface area contributed by atoms with E-state index in [0.717, 1.165) is 18.9 Å². The van der Waals surface area contributed by atoms with Gasteiger partial charge in [-0.1, -0.05) is 0 Å². The van der Waals surface area contributed by atoms with Gasteiger partial charge < -0.3 is 4.74 Å². The highest BCUT2D eigenvalue weighted by molar-refractivity contribution is 5.89. The topological polar surface area (TPSA) is 26.3 Å². The molecule has 2 nitrogen and oxygen atoms in total. The first kappa shape index (κ1) is 12.9. The number of hydrogen-bond acceptors (Lipinski definition) is 2. The summed E-state index contributed by atoms with van der Waals surface area (Å²) >= 11 is 0. The average Bonchev–Trinajstić information content (AvgIpc) is 3.08. The molecule has 1 saturated carbocycles. The Balaban J connectivity index is 2.14. The van der Waals surface area contributed by atoms with Gasteiger partial charge in [0.1, 0.15) is 5.82 Å². The molecule has 0 bridgehead atoms. The summed E-state index contributed by atoms with van der Waals surface area (Å²) in [5.74, 6) is -1.94. The van der Waals surface area contributed by atoms with Crippen molar-refractivity contribution in [2.45, 2.75) is 19.0 Å². The first-order valence-electron chi connectivity index (χ1n) is 5.42.